The third-order valence-corrected chi connectivity index (χ3v) is 5.80. The summed E-state index contributed by atoms with van der Waals surface area (Å²) in [7, 11) is 0. The minimum absolute atomic E-state index is 0.0429. The maximum Gasteiger partial charge on any atom is 0.227 e. The third kappa shape index (κ3) is 4.58. The van der Waals surface area contributed by atoms with E-state index in [1.165, 1.54) is 5.56 Å². The number of aromatic nitrogens is 2. The van der Waals surface area contributed by atoms with Crippen LogP contribution in [0.3, 0.4) is 0 Å². The topological polar surface area (TPSA) is 67.4 Å². The van der Waals surface area contributed by atoms with Crippen molar-refractivity contribution in [2.75, 3.05) is 36.5 Å². The van der Waals surface area contributed by atoms with Gasteiger partial charge >= 0.3 is 0 Å². The molecule has 1 amide bonds. The molecule has 1 saturated heterocycles. The van der Waals surface area contributed by atoms with Gasteiger partial charge in [0.15, 0.2) is 0 Å². The summed E-state index contributed by atoms with van der Waals surface area (Å²) >= 11 is 0. The molecule has 0 saturated carbocycles. The minimum atomic E-state index is -0.0429. The second-order valence-corrected chi connectivity index (χ2v) is 9.00. The van der Waals surface area contributed by atoms with Crippen molar-refractivity contribution in [1.82, 2.24) is 9.97 Å². The Hall–Kier alpha value is -2.47. The Balaban J connectivity index is 1.42. The Morgan fingerprint density at radius 1 is 1.24 bits per heavy atom. The smallest absolute Gasteiger partial charge is 0.227 e. The fourth-order valence-electron chi connectivity index (χ4n) is 3.94. The molecule has 1 atom stereocenters. The summed E-state index contributed by atoms with van der Waals surface area (Å²) in [6, 6.07) is 8.15. The molecule has 1 aliphatic heterocycles. The van der Waals surface area contributed by atoms with Gasteiger partial charge in [-0.2, -0.15) is 0 Å². The highest BCUT2D eigenvalue weighted by atomic mass is 16.5. The Morgan fingerprint density at radius 2 is 2.03 bits per heavy atom. The number of rotatable bonds is 3. The molecule has 6 nitrogen and oxygen atoms in total. The maximum absolute atomic E-state index is 12.9. The number of hydrogen-bond acceptors (Lipinski definition) is 5. The average Bonchev–Trinajstić information content (AvgIpc) is 2.73. The van der Waals surface area contributed by atoms with Crippen LogP contribution in [0.1, 0.15) is 44.0 Å². The van der Waals surface area contributed by atoms with Crippen molar-refractivity contribution in [3.63, 3.8) is 0 Å². The summed E-state index contributed by atoms with van der Waals surface area (Å²) in [6.07, 6.45) is 4.24. The van der Waals surface area contributed by atoms with Crippen molar-refractivity contribution in [2.45, 2.75) is 45.4 Å². The van der Waals surface area contributed by atoms with E-state index in [9.17, 15) is 4.79 Å². The number of benzene rings is 1. The van der Waals surface area contributed by atoms with Crippen molar-refractivity contribution in [2.24, 2.45) is 5.92 Å². The molecular weight excluding hydrogens is 364 g/mol. The van der Waals surface area contributed by atoms with Crippen molar-refractivity contribution < 1.29 is 9.53 Å². The monoisotopic (exact) mass is 394 g/mol. The van der Waals surface area contributed by atoms with E-state index in [0.717, 1.165) is 62.0 Å². The molecule has 1 N–H and O–H groups in total. The van der Waals surface area contributed by atoms with Gasteiger partial charge < -0.3 is 15.0 Å². The first-order valence-corrected chi connectivity index (χ1v) is 10.5. The van der Waals surface area contributed by atoms with Gasteiger partial charge in [0.2, 0.25) is 11.9 Å². The van der Waals surface area contributed by atoms with Crippen molar-refractivity contribution in [3.8, 4) is 0 Å². The lowest BCUT2D eigenvalue weighted by Crippen LogP contribution is -2.38. The quantitative estimate of drug-likeness (QED) is 0.865. The molecule has 29 heavy (non-hydrogen) atoms. The zero-order valence-electron chi connectivity index (χ0n) is 17.6. The molecule has 2 aromatic rings. The lowest BCUT2D eigenvalue weighted by molar-refractivity contribution is -0.120. The number of amides is 1. The van der Waals surface area contributed by atoms with Gasteiger partial charge in [-0.1, -0.05) is 32.9 Å². The van der Waals surface area contributed by atoms with Gasteiger partial charge in [-0.3, -0.25) is 4.79 Å². The van der Waals surface area contributed by atoms with Crippen LogP contribution in [-0.4, -0.2) is 42.2 Å². The number of fused-ring (bicyclic) bond motifs is 1. The van der Waals surface area contributed by atoms with Crippen molar-refractivity contribution >= 4 is 17.5 Å². The minimum Gasteiger partial charge on any atom is -0.378 e. The molecule has 0 bridgehead atoms. The van der Waals surface area contributed by atoms with Gasteiger partial charge in [0, 0.05) is 36.6 Å². The third-order valence-electron chi connectivity index (χ3n) is 5.80. The van der Waals surface area contributed by atoms with Gasteiger partial charge in [-0.25, -0.2) is 9.97 Å². The summed E-state index contributed by atoms with van der Waals surface area (Å²) in [6.45, 7) is 9.64. The predicted molar refractivity (Wildman–Crippen MR) is 114 cm³/mol. The molecule has 6 heteroatoms. The molecular formula is C23H30N4O2. The first-order chi connectivity index (χ1) is 13.9. The summed E-state index contributed by atoms with van der Waals surface area (Å²) in [4.78, 5) is 24.4. The second kappa shape index (κ2) is 8.11. The molecule has 0 unspecified atom stereocenters. The number of nitrogens with zero attached hydrogens (tertiary/aromatic N) is 3. The second-order valence-electron chi connectivity index (χ2n) is 9.00. The molecule has 1 aromatic heterocycles. The van der Waals surface area contributed by atoms with E-state index in [-0.39, 0.29) is 17.2 Å². The SMILES string of the molecule is CC(C)(C)c1cccc(NC(=O)[C@@H]2CCc3nc(N4CCOCC4)ncc3C2)c1. The van der Waals surface area contributed by atoms with Crippen LogP contribution in [0.25, 0.3) is 0 Å². The zero-order valence-corrected chi connectivity index (χ0v) is 17.6. The van der Waals surface area contributed by atoms with E-state index in [0.29, 0.717) is 6.42 Å². The molecule has 4 rings (SSSR count). The number of aryl methyl sites for hydroxylation is 1. The van der Waals surface area contributed by atoms with Crippen LogP contribution in [0.5, 0.6) is 0 Å². The normalized spacial score (nSPS) is 19.6. The molecule has 0 spiro atoms. The Morgan fingerprint density at radius 3 is 2.79 bits per heavy atom. The number of hydrogen-bond donors (Lipinski definition) is 1. The molecule has 0 radical (unpaired) electrons. The fraction of sp³-hybridized carbons (Fsp3) is 0.522. The first-order valence-electron chi connectivity index (χ1n) is 10.5. The number of anilines is 2. The average molecular weight is 395 g/mol. The lowest BCUT2D eigenvalue weighted by atomic mass is 9.86. The van der Waals surface area contributed by atoms with Crippen LogP contribution < -0.4 is 10.2 Å². The first kappa shape index (κ1) is 19.8. The molecule has 1 aliphatic carbocycles. The maximum atomic E-state index is 12.9. The van der Waals surface area contributed by atoms with Gasteiger partial charge in [-0.15, -0.1) is 0 Å². The highest BCUT2D eigenvalue weighted by Gasteiger charge is 2.27. The van der Waals surface area contributed by atoms with Crippen LogP contribution in [-0.2, 0) is 27.8 Å². The summed E-state index contributed by atoms with van der Waals surface area (Å²) in [5.74, 6) is 0.826. The molecule has 154 valence electrons. The van der Waals surface area contributed by atoms with Crippen LogP contribution >= 0.6 is 0 Å². The van der Waals surface area contributed by atoms with Gasteiger partial charge in [-0.05, 0) is 47.9 Å². The Labute approximate surface area is 172 Å². The number of nitrogens with one attached hydrogen (secondary N) is 1. The van der Waals surface area contributed by atoms with E-state index in [2.05, 4.69) is 48.1 Å². The van der Waals surface area contributed by atoms with Gasteiger partial charge in [0.1, 0.15) is 0 Å². The summed E-state index contributed by atoms with van der Waals surface area (Å²) in [5.41, 5.74) is 4.32. The largest absolute Gasteiger partial charge is 0.378 e. The highest BCUT2D eigenvalue weighted by molar-refractivity contribution is 5.93. The summed E-state index contributed by atoms with van der Waals surface area (Å²) < 4.78 is 5.41. The van der Waals surface area contributed by atoms with Gasteiger partial charge in [0.05, 0.1) is 13.2 Å². The zero-order chi connectivity index (χ0) is 20.4. The highest BCUT2D eigenvalue weighted by Crippen LogP contribution is 2.28. The predicted octanol–water partition coefficient (Wildman–Crippen LogP) is 3.35. The fourth-order valence-corrected chi connectivity index (χ4v) is 3.94. The Bertz CT molecular complexity index is 885. The number of carbonyl (C=O) groups excluding carboxylic acids is 1. The van der Waals surface area contributed by atoms with E-state index in [4.69, 9.17) is 9.72 Å². The van der Waals surface area contributed by atoms with E-state index < -0.39 is 0 Å². The van der Waals surface area contributed by atoms with Crippen molar-refractivity contribution in [3.05, 3.63) is 47.3 Å². The standard InChI is InChI=1S/C23H30N4O2/c1-23(2,3)18-5-4-6-19(14-18)25-21(28)16-7-8-20-17(13-16)15-24-22(26-20)27-9-11-29-12-10-27/h4-6,14-16H,7-13H2,1-3H3,(H,25,28)/t16-/m1/s1. The van der Waals surface area contributed by atoms with Crippen LogP contribution in [0, 0.1) is 5.92 Å². The van der Waals surface area contributed by atoms with E-state index in [1.807, 2.05) is 18.3 Å². The van der Waals surface area contributed by atoms with Crippen LogP contribution in [0.15, 0.2) is 30.5 Å². The number of morpholine rings is 1. The lowest BCUT2D eigenvalue weighted by Gasteiger charge is -2.29. The molecule has 1 fully saturated rings. The summed E-state index contributed by atoms with van der Waals surface area (Å²) in [5, 5.41) is 3.12. The number of carbonyl (C=O) groups is 1. The molecule has 2 heterocycles. The van der Waals surface area contributed by atoms with Crippen LogP contribution in [0.2, 0.25) is 0 Å². The molecule has 1 aromatic carbocycles. The number of ether oxygens (including phenoxy) is 1. The Kier molecular flexibility index (Phi) is 5.54. The van der Waals surface area contributed by atoms with E-state index >= 15 is 0 Å². The van der Waals surface area contributed by atoms with E-state index in [1.54, 1.807) is 0 Å². The van der Waals surface area contributed by atoms with Crippen molar-refractivity contribution in [1.29, 1.82) is 0 Å². The van der Waals surface area contributed by atoms with Gasteiger partial charge in [0.25, 0.3) is 0 Å². The van der Waals surface area contributed by atoms with Crippen LogP contribution in [0.4, 0.5) is 11.6 Å². The molecule has 2 aliphatic rings.